The van der Waals surface area contributed by atoms with Crippen LogP contribution in [0.2, 0.25) is 0 Å². The molecule has 0 N–H and O–H groups in total. The Morgan fingerprint density at radius 1 is 0.952 bits per heavy atom. The molecule has 2 heterocycles. The summed E-state index contributed by atoms with van der Waals surface area (Å²) in [5.41, 5.74) is 4.59. The van der Waals surface area contributed by atoms with Gasteiger partial charge in [0.15, 0.2) is 0 Å². The van der Waals surface area contributed by atoms with E-state index in [1.54, 1.807) is 9.13 Å². The normalized spacial score (nSPS) is 15.0. The van der Waals surface area contributed by atoms with Crippen molar-refractivity contribution in [2.75, 3.05) is 18.0 Å². The molecule has 4 heteroatoms. The van der Waals surface area contributed by atoms with E-state index in [1.165, 1.54) is 30.5 Å². The van der Waals surface area contributed by atoms with Gasteiger partial charge < -0.3 is 4.90 Å². The lowest BCUT2D eigenvalue weighted by atomic mass is 10.1. The predicted molar refractivity (Wildman–Crippen MR) is 90.3 cm³/mol. The van der Waals surface area contributed by atoms with Gasteiger partial charge in [-0.05, 0) is 43.9 Å². The second kappa shape index (κ2) is 6.37. The molecular weight excluding hydrogens is 262 g/mol. The van der Waals surface area contributed by atoms with Crippen LogP contribution < -0.4 is 10.6 Å². The lowest BCUT2D eigenvalue weighted by molar-refractivity contribution is 0.578. The molecule has 1 aliphatic heterocycles. The molecule has 0 unspecified atom stereocenters. The smallest absolute Gasteiger partial charge is 0.328 e. The molecule has 0 bridgehead atoms. The van der Waals surface area contributed by atoms with E-state index in [4.69, 9.17) is 0 Å². The largest absolute Gasteiger partial charge is 0.370 e. The van der Waals surface area contributed by atoms with Crippen molar-refractivity contribution in [3.05, 3.63) is 28.2 Å². The molecule has 1 aromatic carbocycles. The summed E-state index contributed by atoms with van der Waals surface area (Å²) in [5.74, 6) is 0. The molecule has 0 radical (unpaired) electrons. The quantitative estimate of drug-likeness (QED) is 0.807. The van der Waals surface area contributed by atoms with E-state index < -0.39 is 0 Å². The second-order valence-electron chi connectivity index (χ2n) is 5.60. The van der Waals surface area contributed by atoms with Crippen LogP contribution in [0.5, 0.6) is 0 Å². The molecule has 116 valence electrons. The average Bonchev–Trinajstić information content (AvgIpc) is 2.74. The fraction of sp³-hybridized carbons (Fsp3) is 0.588. The Labute approximate surface area is 127 Å². The van der Waals surface area contributed by atoms with Gasteiger partial charge in [-0.25, -0.2) is 4.79 Å². The number of fused-ring (bicyclic) bond motifs is 1. The minimum atomic E-state index is 0.0545. The van der Waals surface area contributed by atoms with E-state index in [9.17, 15) is 4.79 Å². The highest BCUT2D eigenvalue weighted by atomic mass is 16.1. The first kappa shape index (κ1) is 15.7. The number of benzene rings is 1. The topological polar surface area (TPSA) is 30.2 Å². The summed E-state index contributed by atoms with van der Waals surface area (Å²) in [6.07, 6.45) is 3.81. The molecule has 1 saturated heterocycles. The molecule has 0 saturated carbocycles. The molecule has 3 rings (SSSR count). The molecule has 0 atom stereocenters. The first-order chi connectivity index (χ1) is 10.1. The molecule has 1 fully saturated rings. The summed E-state index contributed by atoms with van der Waals surface area (Å²) in [6.45, 7) is 8.30. The van der Waals surface area contributed by atoms with Gasteiger partial charge in [0, 0.05) is 27.2 Å². The van der Waals surface area contributed by atoms with Crippen molar-refractivity contribution < 1.29 is 0 Å². The van der Waals surface area contributed by atoms with Crippen LogP contribution in [-0.4, -0.2) is 22.2 Å². The maximum atomic E-state index is 12.1. The first-order valence-electron chi connectivity index (χ1n) is 8.00. The molecule has 0 aliphatic carbocycles. The molecule has 1 aliphatic rings. The van der Waals surface area contributed by atoms with E-state index in [0.29, 0.717) is 0 Å². The molecule has 0 spiro atoms. The number of piperidine rings is 1. The first-order valence-corrected chi connectivity index (χ1v) is 8.00. The Kier molecular flexibility index (Phi) is 4.76. The number of rotatable bonds is 1. The van der Waals surface area contributed by atoms with Gasteiger partial charge in [-0.3, -0.25) is 9.13 Å². The second-order valence-corrected chi connectivity index (χ2v) is 5.60. The summed E-state index contributed by atoms with van der Waals surface area (Å²) >= 11 is 0. The fourth-order valence-electron chi connectivity index (χ4n) is 3.14. The van der Waals surface area contributed by atoms with E-state index in [1.807, 2.05) is 27.9 Å². The Balaban J connectivity index is 0.000000774. The molecule has 2 aromatic rings. The third kappa shape index (κ3) is 2.71. The van der Waals surface area contributed by atoms with Crippen LogP contribution in [0.3, 0.4) is 0 Å². The Morgan fingerprint density at radius 2 is 1.57 bits per heavy atom. The van der Waals surface area contributed by atoms with E-state index in [0.717, 1.165) is 24.1 Å². The molecular formula is C17H27N3O. The van der Waals surface area contributed by atoms with Crippen molar-refractivity contribution in [2.24, 2.45) is 14.1 Å². The fourth-order valence-corrected chi connectivity index (χ4v) is 3.14. The number of aromatic nitrogens is 2. The van der Waals surface area contributed by atoms with E-state index in [-0.39, 0.29) is 5.69 Å². The molecule has 0 amide bonds. The molecule has 21 heavy (non-hydrogen) atoms. The number of aryl methyl sites for hydroxylation is 3. The third-order valence-electron chi connectivity index (χ3n) is 4.18. The van der Waals surface area contributed by atoms with Crippen molar-refractivity contribution in [1.82, 2.24) is 9.13 Å². The maximum absolute atomic E-state index is 12.1. The Bertz CT molecular complexity index is 675. The van der Waals surface area contributed by atoms with Gasteiger partial charge in [-0.1, -0.05) is 13.8 Å². The zero-order valence-electron chi connectivity index (χ0n) is 13.9. The standard InChI is InChI=1S/C15H21N3O.C2H6/c1-11-9-12-14(17(3)15(19)16(12)2)13(10-11)18-7-5-4-6-8-18;1-2/h9-10H,4-8H2,1-3H3;1-2H3. The molecule has 4 nitrogen and oxygen atoms in total. The Morgan fingerprint density at radius 3 is 2.19 bits per heavy atom. The highest BCUT2D eigenvalue weighted by molar-refractivity contribution is 5.90. The van der Waals surface area contributed by atoms with Crippen molar-refractivity contribution in [3.63, 3.8) is 0 Å². The predicted octanol–water partition coefficient (Wildman–Crippen LogP) is 3.20. The van der Waals surface area contributed by atoms with E-state index >= 15 is 0 Å². The minimum absolute atomic E-state index is 0.0545. The zero-order chi connectivity index (χ0) is 15.6. The third-order valence-corrected chi connectivity index (χ3v) is 4.18. The number of hydrogen-bond donors (Lipinski definition) is 0. The maximum Gasteiger partial charge on any atom is 0.328 e. The van der Waals surface area contributed by atoms with Crippen LogP contribution in [0.15, 0.2) is 16.9 Å². The minimum Gasteiger partial charge on any atom is -0.370 e. The number of anilines is 1. The lowest BCUT2D eigenvalue weighted by Crippen LogP contribution is -2.30. The monoisotopic (exact) mass is 289 g/mol. The summed E-state index contributed by atoms with van der Waals surface area (Å²) < 4.78 is 3.52. The van der Waals surface area contributed by atoms with Crippen LogP contribution in [0.25, 0.3) is 11.0 Å². The highest BCUT2D eigenvalue weighted by Gasteiger charge is 2.18. The van der Waals surface area contributed by atoms with E-state index in [2.05, 4.69) is 24.0 Å². The van der Waals surface area contributed by atoms with Gasteiger partial charge in [-0.2, -0.15) is 0 Å². The number of nitrogens with zero attached hydrogens (tertiary/aromatic N) is 3. The van der Waals surface area contributed by atoms with Gasteiger partial charge >= 0.3 is 5.69 Å². The van der Waals surface area contributed by atoms with Gasteiger partial charge in [-0.15, -0.1) is 0 Å². The summed E-state index contributed by atoms with van der Waals surface area (Å²) in [4.78, 5) is 14.6. The summed E-state index contributed by atoms with van der Waals surface area (Å²) in [5, 5.41) is 0. The van der Waals surface area contributed by atoms with Crippen molar-refractivity contribution in [2.45, 2.75) is 40.0 Å². The SMILES string of the molecule is CC.Cc1cc(N2CCCCC2)c2c(c1)n(C)c(=O)n2C. The van der Waals surface area contributed by atoms with Crippen LogP contribution in [0, 0.1) is 6.92 Å². The van der Waals surface area contributed by atoms with Gasteiger partial charge in [0.2, 0.25) is 0 Å². The van der Waals surface area contributed by atoms with Crippen LogP contribution in [0.1, 0.15) is 38.7 Å². The van der Waals surface area contributed by atoms with Gasteiger partial charge in [0.25, 0.3) is 0 Å². The average molecular weight is 289 g/mol. The summed E-state index contributed by atoms with van der Waals surface area (Å²) in [7, 11) is 3.72. The van der Waals surface area contributed by atoms with Crippen LogP contribution >= 0.6 is 0 Å². The number of imidazole rings is 1. The molecule has 1 aromatic heterocycles. The van der Waals surface area contributed by atoms with Crippen molar-refractivity contribution in [1.29, 1.82) is 0 Å². The van der Waals surface area contributed by atoms with Crippen molar-refractivity contribution >= 4 is 16.7 Å². The summed E-state index contributed by atoms with van der Waals surface area (Å²) in [6, 6.07) is 4.32. The lowest BCUT2D eigenvalue weighted by Gasteiger charge is -2.29. The van der Waals surface area contributed by atoms with Crippen LogP contribution in [0.4, 0.5) is 5.69 Å². The Hall–Kier alpha value is -1.71. The van der Waals surface area contributed by atoms with Crippen molar-refractivity contribution in [3.8, 4) is 0 Å². The zero-order valence-corrected chi connectivity index (χ0v) is 13.9. The number of hydrogen-bond acceptors (Lipinski definition) is 2. The van der Waals surface area contributed by atoms with Gasteiger partial charge in [0.1, 0.15) is 0 Å². The van der Waals surface area contributed by atoms with Crippen LogP contribution in [-0.2, 0) is 14.1 Å². The van der Waals surface area contributed by atoms with Gasteiger partial charge in [0.05, 0.1) is 16.7 Å². The highest BCUT2D eigenvalue weighted by Crippen LogP contribution is 2.29.